The molecule has 0 saturated carbocycles. The van der Waals surface area contributed by atoms with Crippen LogP contribution in [0.4, 0.5) is 11.5 Å². The van der Waals surface area contributed by atoms with Gasteiger partial charge in [0.1, 0.15) is 5.82 Å². The first kappa shape index (κ1) is 11.3. The molecule has 1 fully saturated rings. The number of hydrogen-bond donors (Lipinski definition) is 2. The van der Waals surface area contributed by atoms with E-state index in [4.69, 9.17) is 5.73 Å². The number of pyridine rings is 1. The van der Waals surface area contributed by atoms with Crippen molar-refractivity contribution >= 4 is 29.2 Å². The predicted molar refractivity (Wildman–Crippen MR) is 67.4 cm³/mol. The van der Waals surface area contributed by atoms with E-state index >= 15 is 0 Å². The summed E-state index contributed by atoms with van der Waals surface area (Å²) in [5.41, 5.74) is 7.12. The van der Waals surface area contributed by atoms with Gasteiger partial charge in [-0.1, -0.05) is 0 Å². The Morgan fingerprint density at radius 1 is 1.69 bits per heavy atom. The highest BCUT2D eigenvalue weighted by Crippen LogP contribution is 2.25. The second kappa shape index (κ2) is 4.74. The molecule has 1 aliphatic rings. The molecule has 4 nitrogen and oxygen atoms in total. The minimum absolute atomic E-state index is 0.0744. The van der Waals surface area contributed by atoms with Gasteiger partial charge in [0.2, 0.25) is 5.91 Å². The molecule has 1 aromatic heterocycles. The number of carbonyl (C=O) groups is 1. The molecule has 0 aromatic carbocycles. The number of thioether (sulfide) groups is 1. The fraction of sp³-hybridized carbons (Fsp3) is 0.455. The molecular formula is C11H15N3OS. The van der Waals surface area contributed by atoms with E-state index in [-0.39, 0.29) is 11.8 Å². The van der Waals surface area contributed by atoms with Crippen molar-refractivity contribution in [1.82, 2.24) is 4.98 Å². The summed E-state index contributed by atoms with van der Waals surface area (Å²) < 4.78 is 0. The van der Waals surface area contributed by atoms with E-state index in [1.165, 1.54) is 0 Å². The molecule has 1 saturated heterocycles. The van der Waals surface area contributed by atoms with E-state index in [0.29, 0.717) is 11.5 Å². The van der Waals surface area contributed by atoms with Gasteiger partial charge in [0.05, 0.1) is 11.9 Å². The van der Waals surface area contributed by atoms with Crippen LogP contribution in [0.15, 0.2) is 12.3 Å². The largest absolute Gasteiger partial charge is 0.397 e. The minimum Gasteiger partial charge on any atom is -0.397 e. The van der Waals surface area contributed by atoms with Crippen LogP contribution in [0, 0.1) is 12.8 Å². The molecule has 1 aromatic rings. The Kier molecular flexibility index (Phi) is 3.33. The number of anilines is 2. The molecule has 0 bridgehead atoms. The highest BCUT2D eigenvalue weighted by atomic mass is 32.2. The summed E-state index contributed by atoms with van der Waals surface area (Å²) in [6.07, 6.45) is 2.52. The Balaban J connectivity index is 2.05. The van der Waals surface area contributed by atoms with Crippen LogP contribution in [0.25, 0.3) is 0 Å². The lowest BCUT2D eigenvalue weighted by atomic mass is 10.1. The maximum Gasteiger partial charge on any atom is 0.229 e. The van der Waals surface area contributed by atoms with Gasteiger partial charge in [-0.2, -0.15) is 11.8 Å². The van der Waals surface area contributed by atoms with Crippen molar-refractivity contribution in [2.75, 3.05) is 22.6 Å². The second-order valence-electron chi connectivity index (χ2n) is 3.98. The quantitative estimate of drug-likeness (QED) is 0.821. The number of carbonyl (C=O) groups excluding carboxylic acids is 1. The number of rotatable bonds is 2. The van der Waals surface area contributed by atoms with Gasteiger partial charge >= 0.3 is 0 Å². The Morgan fingerprint density at radius 2 is 2.50 bits per heavy atom. The van der Waals surface area contributed by atoms with Crippen molar-refractivity contribution in [3.63, 3.8) is 0 Å². The first-order chi connectivity index (χ1) is 7.66. The van der Waals surface area contributed by atoms with E-state index in [0.717, 1.165) is 23.5 Å². The van der Waals surface area contributed by atoms with E-state index in [9.17, 15) is 4.79 Å². The van der Waals surface area contributed by atoms with Crippen LogP contribution in [-0.2, 0) is 4.79 Å². The fourth-order valence-corrected chi connectivity index (χ4v) is 2.91. The summed E-state index contributed by atoms with van der Waals surface area (Å²) >= 11 is 1.83. The summed E-state index contributed by atoms with van der Waals surface area (Å²) in [7, 11) is 0. The third-order valence-corrected chi connectivity index (χ3v) is 3.80. The Bertz CT molecular complexity index is 402. The zero-order chi connectivity index (χ0) is 11.5. The molecule has 1 unspecified atom stereocenters. The van der Waals surface area contributed by atoms with Crippen molar-refractivity contribution in [3.8, 4) is 0 Å². The number of nitrogen functional groups attached to an aromatic ring is 1. The van der Waals surface area contributed by atoms with Crippen LogP contribution in [0.1, 0.15) is 12.0 Å². The summed E-state index contributed by atoms with van der Waals surface area (Å²) in [5.74, 6) is 2.82. The molecule has 0 spiro atoms. The lowest BCUT2D eigenvalue weighted by Crippen LogP contribution is -2.23. The first-order valence-corrected chi connectivity index (χ1v) is 6.43. The van der Waals surface area contributed by atoms with Gasteiger partial charge in [-0.25, -0.2) is 4.98 Å². The van der Waals surface area contributed by atoms with Crippen molar-refractivity contribution < 1.29 is 4.79 Å². The minimum atomic E-state index is 0.0744. The molecule has 3 N–H and O–H groups in total. The predicted octanol–water partition coefficient (Wildman–Crippen LogP) is 1.66. The van der Waals surface area contributed by atoms with E-state index < -0.39 is 0 Å². The van der Waals surface area contributed by atoms with Crippen LogP contribution in [0.2, 0.25) is 0 Å². The van der Waals surface area contributed by atoms with Crippen LogP contribution in [-0.4, -0.2) is 22.4 Å². The maximum absolute atomic E-state index is 11.9. The highest BCUT2D eigenvalue weighted by molar-refractivity contribution is 7.99. The number of nitrogens with one attached hydrogen (secondary N) is 1. The van der Waals surface area contributed by atoms with Crippen LogP contribution >= 0.6 is 11.8 Å². The standard InChI is InChI=1S/C11H15N3OS/c1-7-4-9(12)5-13-10(7)14-11(15)8-2-3-16-6-8/h4-5,8H,2-3,6,12H2,1H3,(H,13,14,15). The molecule has 0 radical (unpaired) electrons. The Hall–Kier alpha value is -1.23. The monoisotopic (exact) mass is 237 g/mol. The number of aryl methyl sites for hydroxylation is 1. The molecule has 2 heterocycles. The lowest BCUT2D eigenvalue weighted by molar-refractivity contribution is -0.119. The molecule has 2 rings (SSSR count). The first-order valence-electron chi connectivity index (χ1n) is 5.27. The molecule has 5 heteroatoms. The zero-order valence-electron chi connectivity index (χ0n) is 9.19. The number of nitrogens with zero attached hydrogens (tertiary/aromatic N) is 1. The smallest absolute Gasteiger partial charge is 0.229 e. The summed E-state index contributed by atoms with van der Waals surface area (Å²) in [6, 6.07) is 1.81. The average molecular weight is 237 g/mol. The van der Waals surface area contributed by atoms with E-state index in [1.807, 2.05) is 24.8 Å². The summed E-state index contributed by atoms with van der Waals surface area (Å²) in [4.78, 5) is 16.0. The van der Waals surface area contributed by atoms with Gasteiger partial charge in [-0.3, -0.25) is 4.79 Å². The summed E-state index contributed by atoms with van der Waals surface area (Å²) in [6.45, 7) is 1.89. The molecule has 1 atom stereocenters. The average Bonchev–Trinajstić information content (AvgIpc) is 2.75. The van der Waals surface area contributed by atoms with Crippen molar-refractivity contribution in [1.29, 1.82) is 0 Å². The number of amides is 1. The lowest BCUT2D eigenvalue weighted by Gasteiger charge is -2.11. The van der Waals surface area contributed by atoms with Crippen LogP contribution in [0.3, 0.4) is 0 Å². The van der Waals surface area contributed by atoms with Gasteiger partial charge < -0.3 is 11.1 Å². The van der Waals surface area contributed by atoms with Gasteiger partial charge in [0.15, 0.2) is 0 Å². The van der Waals surface area contributed by atoms with Crippen molar-refractivity contribution in [2.45, 2.75) is 13.3 Å². The molecule has 1 amide bonds. The molecule has 0 aliphatic carbocycles. The van der Waals surface area contributed by atoms with E-state index in [1.54, 1.807) is 6.20 Å². The van der Waals surface area contributed by atoms with Crippen molar-refractivity contribution in [3.05, 3.63) is 17.8 Å². The molecule has 86 valence electrons. The third-order valence-electron chi connectivity index (χ3n) is 2.64. The van der Waals surface area contributed by atoms with Crippen molar-refractivity contribution in [2.24, 2.45) is 5.92 Å². The zero-order valence-corrected chi connectivity index (χ0v) is 10.0. The van der Waals surface area contributed by atoms with Gasteiger partial charge in [0.25, 0.3) is 0 Å². The number of nitrogens with two attached hydrogens (primary N) is 1. The normalized spacial score (nSPS) is 19.7. The number of aromatic nitrogens is 1. The molecule has 16 heavy (non-hydrogen) atoms. The SMILES string of the molecule is Cc1cc(N)cnc1NC(=O)C1CCSC1. The van der Waals surface area contributed by atoms with Crippen LogP contribution < -0.4 is 11.1 Å². The fourth-order valence-electron chi connectivity index (χ4n) is 1.69. The highest BCUT2D eigenvalue weighted by Gasteiger charge is 2.23. The molecule has 1 aliphatic heterocycles. The van der Waals surface area contributed by atoms with Gasteiger partial charge in [0, 0.05) is 11.7 Å². The van der Waals surface area contributed by atoms with Crippen LogP contribution in [0.5, 0.6) is 0 Å². The van der Waals surface area contributed by atoms with E-state index in [2.05, 4.69) is 10.3 Å². The van der Waals surface area contributed by atoms with Gasteiger partial charge in [-0.05, 0) is 30.7 Å². The Labute approximate surface area is 99.0 Å². The topological polar surface area (TPSA) is 68.0 Å². The maximum atomic E-state index is 11.9. The second-order valence-corrected chi connectivity index (χ2v) is 5.13. The molecular weight excluding hydrogens is 222 g/mol. The Morgan fingerprint density at radius 3 is 3.12 bits per heavy atom. The van der Waals surface area contributed by atoms with Gasteiger partial charge in [-0.15, -0.1) is 0 Å². The summed E-state index contributed by atoms with van der Waals surface area (Å²) in [5, 5.41) is 2.86. The third kappa shape index (κ3) is 2.47. The number of hydrogen-bond acceptors (Lipinski definition) is 4.